The topological polar surface area (TPSA) is 49.4 Å². The molecule has 6 heteroatoms. The first-order valence-electron chi connectivity index (χ1n) is 7.01. The fraction of sp³-hybridized carbons (Fsp3) is 0.571. The van der Waals surface area contributed by atoms with Gasteiger partial charge in [-0.25, -0.2) is 17.5 Å². The molecule has 0 bridgehead atoms. The summed E-state index contributed by atoms with van der Waals surface area (Å²) in [5, 5.41) is 0. The standard InChI is InChI=1S/C14H21FN2O2S/c1-2-8-17-9-6-13(7-10-17)16-20(18,19)14-5-3-4-12(15)11-14/h3-5,11,13,16H,2,6-10H2,1H3. The zero-order valence-electron chi connectivity index (χ0n) is 11.7. The summed E-state index contributed by atoms with van der Waals surface area (Å²) >= 11 is 0. The van der Waals surface area contributed by atoms with E-state index in [1.165, 1.54) is 18.2 Å². The second-order valence-electron chi connectivity index (χ2n) is 5.19. The third kappa shape index (κ3) is 4.01. The summed E-state index contributed by atoms with van der Waals surface area (Å²) in [5.41, 5.74) is 0. The number of sulfonamides is 1. The lowest BCUT2D eigenvalue weighted by Crippen LogP contribution is -2.44. The van der Waals surface area contributed by atoms with Crippen molar-refractivity contribution in [2.75, 3.05) is 19.6 Å². The largest absolute Gasteiger partial charge is 0.303 e. The third-order valence-corrected chi connectivity index (χ3v) is 5.07. The summed E-state index contributed by atoms with van der Waals surface area (Å²) in [7, 11) is -3.62. The number of rotatable bonds is 5. The van der Waals surface area contributed by atoms with Gasteiger partial charge < -0.3 is 4.90 Å². The Kier molecular flexibility index (Phi) is 5.12. The number of nitrogens with one attached hydrogen (secondary N) is 1. The minimum Gasteiger partial charge on any atom is -0.303 e. The van der Waals surface area contributed by atoms with Crippen molar-refractivity contribution >= 4 is 10.0 Å². The van der Waals surface area contributed by atoms with E-state index in [4.69, 9.17) is 0 Å². The molecule has 20 heavy (non-hydrogen) atoms. The van der Waals surface area contributed by atoms with Crippen LogP contribution in [0.25, 0.3) is 0 Å². The Morgan fingerprint density at radius 1 is 1.35 bits per heavy atom. The molecule has 1 aromatic rings. The van der Waals surface area contributed by atoms with Gasteiger partial charge in [-0.1, -0.05) is 13.0 Å². The van der Waals surface area contributed by atoms with E-state index < -0.39 is 15.8 Å². The molecule has 0 spiro atoms. The molecule has 0 aliphatic carbocycles. The Balaban J connectivity index is 1.96. The predicted octanol–water partition coefficient (Wildman–Crippen LogP) is 1.98. The highest BCUT2D eigenvalue weighted by Crippen LogP contribution is 2.15. The number of piperidine rings is 1. The molecule has 1 N–H and O–H groups in total. The number of halogens is 1. The van der Waals surface area contributed by atoms with Crippen molar-refractivity contribution in [2.45, 2.75) is 37.1 Å². The number of hydrogen-bond acceptors (Lipinski definition) is 3. The lowest BCUT2D eigenvalue weighted by atomic mass is 10.1. The number of likely N-dealkylation sites (tertiary alicyclic amines) is 1. The van der Waals surface area contributed by atoms with E-state index in [-0.39, 0.29) is 10.9 Å². The molecule has 2 rings (SSSR count). The van der Waals surface area contributed by atoms with Gasteiger partial charge in [0, 0.05) is 6.04 Å². The summed E-state index contributed by atoms with van der Waals surface area (Å²) in [4.78, 5) is 2.33. The summed E-state index contributed by atoms with van der Waals surface area (Å²) in [6, 6.07) is 5.05. The maximum Gasteiger partial charge on any atom is 0.240 e. The lowest BCUT2D eigenvalue weighted by molar-refractivity contribution is 0.208. The summed E-state index contributed by atoms with van der Waals surface area (Å²) in [5.74, 6) is -0.536. The average molecular weight is 300 g/mol. The Bertz CT molecular complexity index is 540. The Morgan fingerprint density at radius 3 is 2.65 bits per heavy atom. The number of hydrogen-bond donors (Lipinski definition) is 1. The molecular formula is C14H21FN2O2S. The molecule has 0 radical (unpaired) electrons. The minimum absolute atomic E-state index is 0.00603. The van der Waals surface area contributed by atoms with Gasteiger partial charge in [0.15, 0.2) is 0 Å². The molecular weight excluding hydrogens is 279 g/mol. The molecule has 0 atom stereocenters. The van der Waals surface area contributed by atoms with E-state index in [9.17, 15) is 12.8 Å². The van der Waals surface area contributed by atoms with Crippen LogP contribution in [0.2, 0.25) is 0 Å². The van der Waals surface area contributed by atoms with Crippen LogP contribution in [-0.4, -0.2) is 39.0 Å². The van der Waals surface area contributed by atoms with Gasteiger partial charge in [-0.15, -0.1) is 0 Å². The summed E-state index contributed by atoms with van der Waals surface area (Å²) in [6.07, 6.45) is 2.71. The Hall–Kier alpha value is -0.980. The fourth-order valence-corrected chi connectivity index (χ4v) is 3.85. The van der Waals surface area contributed by atoms with Gasteiger partial charge >= 0.3 is 0 Å². The SMILES string of the molecule is CCCN1CCC(NS(=O)(=O)c2cccc(F)c2)CC1. The van der Waals surface area contributed by atoms with Crippen LogP contribution in [-0.2, 0) is 10.0 Å². The fourth-order valence-electron chi connectivity index (χ4n) is 2.51. The predicted molar refractivity (Wildman–Crippen MR) is 76.5 cm³/mol. The van der Waals surface area contributed by atoms with Crippen molar-refractivity contribution in [3.8, 4) is 0 Å². The van der Waals surface area contributed by atoms with Crippen molar-refractivity contribution in [3.05, 3.63) is 30.1 Å². The van der Waals surface area contributed by atoms with Gasteiger partial charge in [0.1, 0.15) is 5.82 Å². The molecule has 1 saturated heterocycles. The smallest absolute Gasteiger partial charge is 0.240 e. The molecule has 1 fully saturated rings. The van der Waals surface area contributed by atoms with Crippen LogP contribution in [0, 0.1) is 5.82 Å². The minimum atomic E-state index is -3.62. The molecule has 1 aromatic carbocycles. The highest BCUT2D eigenvalue weighted by molar-refractivity contribution is 7.89. The number of nitrogens with zero attached hydrogens (tertiary/aromatic N) is 1. The van der Waals surface area contributed by atoms with Crippen LogP contribution < -0.4 is 4.72 Å². The van der Waals surface area contributed by atoms with Gasteiger partial charge in [0.05, 0.1) is 4.90 Å². The van der Waals surface area contributed by atoms with E-state index in [1.54, 1.807) is 0 Å². The van der Waals surface area contributed by atoms with Crippen molar-refractivity contribution in [3.63, 3.8) is 0 Å². The van der Waals surface area contributed by atoms with E-state index in [0.29, 0.717) is 0 Å². The first-order valence-corrected chi connectivity index (χ1v) is 8.50. The molecule has 0 aromatic heterocycles. The highest BCUT2D eigenvalue weighted by Gasteiger charge is 2.24. The highest BCUT2D eigenvalue weighted by atomic mass is 32.2. The van der Waals surface area contributed by atoms with Crippen LogP contribution in [0.1, 0.15) is 26.2 Å². The molecule has 0 unspecified atom stereocenters. The molecule has 1 aliphatic heterocycles. The van der Waals surface area contributed by atoms with E-state index in [1.807, 2.05) is 0 Å². The van der Waals surface area contributed by atoms with Gasteiger partial charge in [-0.05, 0) is 57.1 Å². The summed E-state index contributed by atoms with van der Waals surface area (Å²) < 4.78 is 40.1. The van der Waals surface area contributed by atoms with Gasteiger partial charge in [0.2, 0.25) is 10.0 Å². The quantitative estimate of drug-likeness (QED) is 0.904. The van der Waals surface area contributed by atoms with Crippen LogP contribution in [0.5, 0.6) is 0 Å². The maximum atomic E-state index is 13.1. The molecule has 4 nitrogen and oxygen atoms in total. The zero-order valence-corrected chi connectivity index (χ0v) is 12.5. The van der Waals surface area contributed by atoms with Crippen molar-refractivity contribution in [2.24, 2.45) is 0 Å². The van der Waals surface area contributed by atoms with Crippen molar-refractivity contribution < 1.29 is 12.8 Å². The van der Waals surface area contributed by atoms with Crippen LogP contribution in [0.3, 0.4) is 0 Å². The van der Waals surface area contributed by atoms with E-state index in [0.717, 1.165) is 45.0 Å². The monoisotopic (exact) mass is 300 g/mol. The second kappa shape index (κ2) is 6.65. The van der Waals surface area contributed by atoms with Gasteiger partial charge in [-0.3, -0.25) is 0 Å². The Labute approximate surface area is 120 Å². The molecule has 0 saturated carbocycles. The van der Waals surface area contributed by atoms with Crippen molar-refractivity contribution in [1.82, 2.24) is 9.62 Å². The molecule has 1 heterocycles. The molecule has 112 valence electrons. The normalized spacial score (nSPS) is 18.3. The second-order valence-corrected chi connectivity index (χ2v) is 6.91. The van der Waals surface area contributed by atoms with E-state index >= 15 is 0 Å². The first kappa shape index (κ1) is 15.4. The van der Waals surface area contributed by atoms with Crippen LogP contribution >= 0.6 is 0 Å². The third-order valence-electron chi connectivity index (χ3n) is 3.56. The zero-order chi connectivity index (χ0) is 14.6. The average Bonchev–Trinajstić information content (AvgIpc) is 2.41. The van der Waals surface area contributed by atoms with Crippen LogP contribution in [0.15, 0.2) is 29.2 Å². The van der Waals surface area contributed by atoms with Crippen LogP contribution in [0.4, 0.5) is 4.39 Å². The van der Waals surface area contributed by atoms with Crippen molar-refractivity contribution in [1.29, 1.82) is 0 Å². The Morgan fingerprint density at radius 2 is 2.05 bits per heavy atom. The van der Waals surface area contributed by atoms with Gasteiger partial charge in [-0.2, -0.15) is 0 Å². The van der Waals surface area contributed by atoms with E-state index in [2.05, 4.69) is 16.5 Å². The molecule has 1 aliphatic rings. The maximum absolute atomic E-state index is 13.1. The lowest BCUT2D eigenvalue weighted by Gasteiger charge is -2.31. The number of benzene rings is 1. The first-order chi connectivity index (χ1) is 9.51. The summed E-state index contributed by atoms with van der Waals surface area (Å²) in [6.45, 7) is 5.01. The van der Waals surface area contributed by atoms with Gasteiger partial charge in [0.25, 0.3) is 0 Å². The molecule has 0 amide bonds.